The zero-order valence-electron chi connectivity index (χ0n) is 12.6. The Kier molecular flexibility index (Phi) is 4.21. The van der Waals surface area contributed by atoms with Gasteiger partial charge in [-0.05, 0) is 13.8 Å². The fourth-order valence-electron chi connectivity index (χ4n) is 2.76. The molecular weight excluding hydrogens is 284 g/mol. The van der Waals surface area contributed by atoms with E-state index in [-0.39, 0.29) is 5.69 Å². The quantitative estimate of drug-likeness (QED) is 0.485. The van der Waals surface area contributed by atoms with Crippen LogP contribution in [0.2, 0.25) is 0 Å². The number of aldehydes is 2. The van der Waals surface area contributed by atoms with Gasteiger partial charge in [0.2, 0.25) is 0 Å². The smallest absolute Gasteiger partial charge is 0.273 e. The predicted octanol–water partition coefficient (Wildman–Crippen LogP) is 2.57. The molecule has 1 heterocycles. The van der Waals surface area contributed by atoms with E-state index in [2.05, 4.69) is 0 Å². The standard InChI is InChI=1S/C16H16N2O4/c1-10-13(8-19)16(14(9-20)11(2)17(10)3)12-6-4-5-7-15(12)18(21)22/h4-9,16H,1-3H3. The Morgan fingerprint density at radius 3 is 2.05 bits per heavy atom. The molecule has 6 nitrogen and oxygen atoms in total. The molecule has 0 aromatic heterocycles. The van der Waals surface area contributed by atoms with Crippen LogP contribution in [0.5, 0.6) is 0 Å². The number of nitro benzene ring substituents is 1. The van der Waals surface area contributed by atoms with Crippen molar-refractivity contribution in [2.24, 2.45) is 0 Å². The molecule has 0 aliphatic carbocycles. The second-order valence-corrected chi connectivity index (χ2v) is 5.13. The zero-order chi connectivity index (χ0) is 16.4. The Hall–Kier alpha value is -2.76. The summed E-state index contributed by atoms with van der Waals surface area (Å²) in [6.45, 7) is 3.52. The number of carbonyl (C=O) groups is 2. The van der Waals surface area contributed by atoms with Crippen LogP contribution in [0.3, 0.4) is 0 Å². The van der Waals surface area contributed by atoms with Crippen molar-refractivity contribution in [1.82, 2.24) is 4.90 Å². The molecule has 114 valence electrons. The summed E-state index contributed by atoms with van der Waals surface area (Å²) in [5.74, 6) is -0.715. The highest BCUT2D eigenvalue weighted by molar-refractivity contribution is 5.88. The maximum Gasteiger partial charge on any atom is 0.273 e. The summed E-state index contributed by atoms with van der Waals surface area (Å²) < 4.78 is 0. The third-order valence-electron chi connectivity index (χ3n) is 4.16. The molecule has 0 saturated carbocycles. The van der Waals surface area contributed by atoms with Crippen LogP contribution < -0.4 is 0 Å². The molecule has 22 heavy (non-hydrogen) atoms. The number of rotatable bonds is 4. The minimum Gasteiger partial charge on any atom is -0.351 e. The van der Waals surface area contributed by atoms with Gasteiger partial charge in [0.1, 0.15) is 12.6 Å². The number of carbonyl (C=O) groups excluding carboxylic acids is 2. The van der Waals surface area contributed by atoms with Crippen LogP contribution in [0, 0.1) is 10.1 Å². The fraction of sp³-hybridized carbons (Fsp3) is 0.250. The highest BCUT2D eigenvalue weighted by atomic mass is 16.6. The summed E-state index contributed by atoms with van der Waals surface area (Å²) >= 11 is 0. The van der Waals surface area contributed by atoms with Crippen molar-refractivity contribution in [2.45, 2.75) is 19.8 Å². The molecule has 6 heteroatoms. The van der Waals surface area contributed by atoms with Gasteiger partial charge in [0.25, 0.3) is 5.69 Å². The average Bonchev–Trinajstić information content (AvgIpc) is 2.52. The first-order valence-electron chi connectivity index (χ1n) is 6.73. The summed E-state index contributed by atoms with van der Waals surface area (Å²) in [6.07, 6.45) is 1.34. The lowest BCUT2D eigenvalue weighted by molar-refractivity contribution is -0.385. The monoisotopic (exact) mass is 300 g/mol. The van der Waals surface area contributed by atoms with E-state index in [1.807, 2.05) is 0 Å². The Labute approximate surface area is 127 Å². The van der Waals surface area contributed by atoms with E-state index >= 15 is 0 Å². The Morgan fingerprint density at radius 1 is 1.09 bits per heavy atom. The number of nitro groups is 1. The first-order valence-corrected chi connectivity index (χ1v) is 6.73. The predicted molar refractivity (Wildman–Crippen MR) is 81.1 cm³/mol. The zero-order valence-corrected chi connectivity index (χ0v) is 12.6. The maximum atomic E-state index is 11.6. The van der Waals surface area contributed by atoms with Crippen molar-refractivity contribution >= 4 is 18.3 Å². The Morgan fingerprint density at radius 2 is 1.59 bits per heavy atom. The summed E-state index contributed by atoms with van der Waals surface area (Å²) in [4.78, 5) is 35.6. The van der Waals surface area contributed by atoms with Gasteiger partial charge in [0.05, 0.1) is 10.8 Å². The first kappa shape index (κ1) is 15.6. The Bertz CT molecular complexity index is 687. The van der Waals surface area contributed by atoms with E-state index in [1.165, 1.54) is 6.07 Å². The lowest BCUT2D eigenvalue weighted by Gasteiger charge is -2.33. The molecule has 1 aliphatic heterocycles. The summed E-state index contributed by atoms with van der Waals surface area (Å²) in [6, 6.07) is 6.19. The van der Waals surface area contributed by atoms with Crippen molar-refractivity contribution in [3.05, 3.63) is 62.5 Å². The van der Waals surface area contributed by atoms with Gasteiger partial charge in [0.15, 0.2) is 0 Å². The summed E-state index contributed by atoms with van der Waals surface area (Å²) in [7, 11) is 1.76. The van der Waals surface area contributed by atoms with Crippen LogP contribution in [0.4, 0.5) is 5.69 Å². The molecule has 0 unspecified atom stereocenters. The molecule has 1 aromatic rings. The number of benzene rings is 1. The highest BCUT2D eigenvalue weighted by Crippen LogP contribution is 2.42. The molecule has 0 saturated heterocycles. The third-order valence-corrected chi connectivity index (χ3v) is 4.16. The molecule has 0 spiro atoms. The normalized spacial score (nSPS) is 16.0. The van der Waals surface area contributed by atoms with Crippen molar-refractivity contribution in [1.29, 1.82) is 0 Å². The molecule has 0 N–H and O–H groups in total. The van der Waals surface area contributed by atoms with Gasteiger partial charge < -0.3 is 4.90 Å². The molecule has 0 atom stereocenters. The average molecular weight is 300 g/mol. The van der Waals surface area contributed by atoms with E-state index in [9.17, 15) is 19.7 Å². The van der Waals surface area contributed by atoms with Gasteiger partial charge in [-0.3, -0.25) is 19.7 Å². The van der Waals surface area contributed by atoms with Crippen LogP contribution in [-0.2, 0) is 9.59 Å². The second-order valence-electron chi connectivity index (χ2n) is 5.13. The summed E-state index contributed by atoms with van der Waals surface area (Å²) in [5.41, 5.74) is 2.34. The number of para-hydroxylation sites is 1. The number of hydrogen-bond donors (Lipinski definition) is 0. The lowest BCUT2D eigenvalue weighted by Crippen LogP contribution is -2.28. The van der Waals surface area contributed by atoms with Crippen molar-refractivity contribution in [2.75, 3.05) is 7.05 Å². The van der Waals surface area contributed by atoms with Crippen LogP contribution in [0.25, 0.3) is 0 Å². The van der Waals surface area contributed by atoms with Gasteiger partial charge in [-0.15, -0.1) is 0 Å². The van der Waals surface area contributed by atoms with Crippen molar-refractivity contribution < 1.29 is 14.5 Å². The second kappa shape index (κ2) is 5.93. The van der Waals surface area contributed by atoms with Crippen molar-refractivity contribution in [3.8, 4) is 0 Å². The molecule has 0 fully saturated rings. The lowest BCUT2D eigenvalue weighted by atomic mass is 9.80. The van der Waals surface area contributed by atoms with Crippen LogP contribution >= 0.6 is 0 Å². The van der Waals surface area contributed by atoms with Gasteiger partial charge >= 0.3 is 0 Å². The number of allylic oxidation sites excluding steroid dienone is 4. The fourth-order valence-corrected chi connectivity index (χ4v) is 2.76. The third kappa shape index (κ3) is 2.32. The van der Waals surface area contributed by atoms with E-state index in [0.29, 0.717) is 40.7 Å². The highest BCUT2D eigenvalue weighted by Gasteiger charge is 2.34. The van der Waals surface area contributed by atoms with Crippen molar-refractivity contribution in [3.63, 3.8) is 0 Å². The topological polar surface area (TPSA) is 80.5 Å². The number of hydrogen-bond acceptors (Lipinski definition) is 5. The molecule has 1 aromatic carbocycles. The van der Waals surface area contributed by atoms with Gasteiger partial charge in [0, 0.05) is 41.2 Å². The molecule has 0 amide bonds. The largest absolute Gasteiger partial charge is 0.351 e. The molecule has 2 rings (SSSR count). The molecule has 0 bridgehead atoms. The SMILES string of the molecule is CC1=C(C=O)C(c2ccccc2[N+](=O)[O-])C(C=O)=C(C)N1C. The van der Waals surface area contributed by atoms with Gasteiger partial charge in [-0.2, -0.15) is 0 Å². The van der Waals surface area contributed by atoms with Crippen LogP contribution in [0.15, 0.2) is 46.8 Å². The maximum absolute atomic E-state index is 11.6. The molecular formula is C16H16N2O4. The molecule has 1 aliphatic rings. The van der Waals surface area contributed by atoms with Crippen LogP contribution in [-0.4, -0.2) is 29.4 Å². The first-order chi connectivity index (χ1) is 10.4. The molecule has 0 radical (unpaired) electrons. The van der Waals surface area contributed by atoms with E-state index in [4.69, 9.17) is 0 Å². The number of nitrogens with zero attached hydrogens (tertiary/aromatic N) is 2. The minimum atomic E-state index is -0.715. The Balaban J connectivity index is 2.78. The van der Waals surface area contributed by atoms with E-state index in [0.717, 1.165) is 0 Å². The minimum absolute atomic E-state index is 0.101. The van der Waals surface area contributed by atoms with Gasteiger partial charge in [-0.25, -0.2) is 0 Å². The van der Waals surface area contributed by atoms with Crippen LogP contribution in [0.1, 0.15) is 25.3 Å². The van der Waals surface area contributed by atoms with E-state index in [1.54, 1.807) is 44.0 Å². The van der Waals surface area contributed by atoms with E-state index < -0.39 is 10.8 Å². The van der Waals surface area contributed by atoms with Gasteiger partial charge in [-0.1, -0.05) is 18.2 Å². The summed E-state index contributed by atoms with van der Waals surface area (Å²) in [5, 5.41) is 11.3.